The fraction of sp³-hybridized carbons (Fsp3) is 0.625. The lowest BCUT2D eigenvalue weighted by Crippen LogP contribution is -2.12. The van der Waals surface area contributed by atoms with Gasteiger partial charge < -0.3 is 24.3 Å². The quantitative estimate of drug-likeness (QED) is 0.315. The largest absolute Gasteiger partial charge is 0.494 e. The van der Waals surface area contributed by atoms with Crippen LogP contribution in [0.4, 0.5) is 0 Å². The van der Waals surface area contributed by atoms with Crippen molar-refractivity contribution >= 4 is 15.2 Å². The zero-order valence-electron chi connectivity index (χ0n) is 14.5. The molecular formula is C16H28O7P2. The third-order valence-corrected chi connectivity index (χ3v) is 7.58. The number of benzene rings is 1. The van der Waals surface area contributed by atoms with Gasteiger partial charge in [0.05, 0.1) is 6.61 Å². The molecule has 0 aliphatic heterocycles. The van der Waals surface area contributed by atoms with Crippen molar-refractivity contribution in [1.82, 2.24) is 0 Å². The first-order valence-corrected chi connectivity index (χ1v) is 11.8. The first-order chi connectivity index (χ1) is 11.6. The van der Waals surface area contributed by atoms with Gasteiger partial charge in [-0.15, -0.1) is 0 Å². The summed E-state index contributed by atoms with van der Waals surface area (Å²) in [4.78, 5) is 36.8. The van der Waals surface area contributed by atoms with E-state index >= 15 is 0 Å². The third-order valence-electron chi connectivity index (χ3n) is 3.86. The molecule has 4 N–H and O–H groups in total. The monoisotopic (exact) mass is 394 g/mol. The maximum atomic E-state index is 11.4. The number of hydrogen-bond acceptors (Lipinski definition) is 3. The van der Waals surface area contributed by atoms with Crippen LogP contribution in [-0.2, 0) is 15.6 Å². The maximum Gasteiger partial charge on any atom is 0.341 e. The Morgan fingerprint density at radius 1 is 0.960 bits per heavy atom. The fourth-order valence-corrected chi connectivity index (χ4v) is 4.94. The molecule has 0 aliphatic rings. The molecular weight excluding hydrogens is 366 g/mol. The Balaban J connectivity index is 2.57. The van der Waals surface area contributed by atoms with Gasteiger partial charge in [0.25, 0.3) is 0 Å². The van der Waals surface area contributed by atoms with Crippen LogP contribution in [-0.4, -0.2) is 31.6 Å². The van der Waals surface area contributed by atoms with Gasteiger partial charge in [-0.1, -0.05) is 51.2 Å². The minimum absolute atomic E-state index is 0.414. The van der Waals surface area contributed by atoms with Gasteiger partial charge in [-0.3, -0.25) is 9.13 Å². The molecule has 1 rings (SSSR count). The Morgan fingerprint density at radius 3 is 2.16 bits per heavy atom. The lowest BCUT2D eigenvalue weighted by atomic mass is 10.1. The molecule has 0 aromatic heterocycles. The molecule has 0 aliphatic carbocycles. The van der Waals surface area contributed by atoms with E-state index < -0.39 is 27.0 Å². The van der Waals surface area contributed by atoms with Gasteiger partial charge >= 0.3 is 15.2 Å². The highest BCUT2D eigenvalue weighted by Gasteiger charge is 2.43. The molecule has 0 atom stereocenters. The predicted octanol–water partition coefficient (Wildman–Crippen LogP) is 3.65. The lowest BCUT2D eigenvalue weighted by molar-refractivity contribution is 0.304. The average Bonchev–Trinajstić information content (AvgIpc) is 2.50. The van der Waals surface area contributed by atoms with Crippen molar-refractivity contribution in [2.24, 2.45) is 0 Å². The number of ether oxygens (including phenoxy) is 1. The second kappa shape index (κ2) is 10.5. The van der Waals surface area contributed by atoms with Crippen molar-refractivity contribution in [3.63, 3.8) is 0 Å². The van der Waals surface area contributed by atoms with Gasteiger partial charge in [0.1, 0.15) is 5.75 Å². The van der Waals surface area contributed by atoms with Gasteiger partial charge in [0, 0.05) is 0 Å². The maximum absolute atomic E-state index is 11.4. The summed E-state index contributed by atoms with van der Waals surface area (Å²) in [5, 5.41) is -2.03. The number of rotatable bonds is 12. The molecule has 25 heavy (non-hydrogen) atoms. The molecule has 0 fully saturated rings. The lowest BCUT2D eigenvalue weighted by Gasteiger charge is -2.19. The summed E-state index contributed by atoms with van der Waals surface area (Å²) in [6.07, 6.45) is 6.42. The SMILES string of the molecule is CCCCCCCCOc1cccc(CC(P(=O)(O)O)P(=O)(O)O)c1. The average molecular weight is 394 g/mol. The highest BCUT2D eigenvalue weighted by Crippen LogP contribution is 2.60. The summed E-state index contributed by atoms with van der Waals surface area (Å²) >= 11 is 0. The first-order valence-electron chi connectivity index (χ1n) is 8.46. The van der Waals surface area contributed by atoms with Crippen LogP contribution in [0.2, 0.25) is 0 Å². The zero-order valence-corrected chi connectivity index (χ0v) is 16.2. The number of unbranched alkanes of at least 4 members (excludes halogenated alkanes) is 5. The van der Waals surface area contributed by atoms with E-state index in [0.29, 0.717) is 17.9 Å². The van der Waals surface area contributed by atoms with Crippen LogP contribution in [0.25, 0.3) is 0 Å². The summed E-state index contributed by atoms with van der Waals surface area (Å²) in [6.45, 7) is 2.70. The van der Waals surface area contributed by atoms with Crippen LogP contribution < -0.4 is 4.74 Å². The zero-order chi connectivity index (χ0) is 18.9. The minimum atomic E-state index is -4.92. The van der Waals surface area contributed by atoms with E-state index in [4.69, 9.17) is 4.74 Å². The van der Waals surface area contributed by atoms with Crippen LogP contribution in [0.1, 0.15) is 51.0 Å². The Kier molecular flexibility index (Phi) is 9.36. The summed E-state index contributed by atoms with van der Waals surface area (Å²) in [5.74, 6) is 0.529. The molecule has 0 bridgehead atoms. The summed E-state index contributed by atoms with van der Waals surface area (Å²) in [7, 11) is -9.84. The van der Waals surface area contributed by atoms with Crippen molar-refractivity contribution in [2.45, 2.75) is 57.3 Å². The molecule has 1 aromatic rings. The second-order valence-electron chi connectivity index (χ2n) is 6.13. The van der Waals surface area contributed by atoms with Crippen LogP contribution >= 0.6 is 15.2 Å². The van der Waals surface area contributed by atoms with Gasteiger partial charge in [-0.25, -0.2) is 0 Å². The minimum Gasteiger partial charge on any atom is -0.494 e. The highest BCUT2D eigenvalue weighted by molar-refractivity contribution is 7.70. The fourth-order valence-electron chi connectivity index (χ4n) is 2.48. The van der Waals surface area contributed by atoms with Crippen LogP contribution in [0.5, 0.6) is 5.75 Å². The van der Waals surface area contributed by atoms with Crippen LogP contribution in [0, 0.1) is 0 Å². The van der Waals surface area contributed by atoms with Crippen molar-refractivity contribution in [2.75, 3.05) is 6.61 Å². The van der Waals surface area contributed by atoms with E-state index in [0.717, 1.165) is 12.8 Å². The Morgan fingerprint density at radius 2 is 1.56 bits per heavy atom. The number of hydrogen-bond donors (Lipinski definition) is 4. The summed E-state index contributed by atoms with van der Waals surface area (Å²) in [6, 6.07) is 6.48. The van der Waals surface area contributed by atoms with E-state index in [-0.39, 0.29) is 0 Å². The topological polar surface area (TPSA) is 124 Å². The molecule has 0 radical (unpaired) electrons. The van der Waals surface area contributed by atoms with Crippen LogP contribution in [0.3, 0.4) is 0 Å². The second-order valence-corrected chi connectivity index (χ2v) is 10.1. The summed E-state index contributed by atoms with van der Waals surface area (Å²) < 4.78 is 28.3. The van der Waals surface area contributed by atoms with Crippen molar-refractivity contribution in [3.05, 3.63) is 29.8 Å². The van der Waals surface area contributed by atoms with E-state index in [2.05, 4.69) is 6.92 Å². The van der Waals surface area contributed by atoms with E-state index in [1.165, 1.54) is 25.7 Å². The van der Waals surface area contributed by atoms with Crippen LogP contribution in [0.15, 0.2) is 24.3 Å². The normalized spacial score (nSPS) is 12.6. The van der Waals surface area contributed by atoms with Gasteiger partial charge in [0.15, 0.2) is 5.40 Å². The third kappa shape index (κ3) is 9.00. The van der Waals surface area contributed by atoms with E-state index in [1.54, 1.807) is 24.3 Å². The molecule has 0 unspecified atom stereocenters. The van der Waals surface area contributed by atoms with Gasteiger partial charge in [-0.05, 0) is 30.5 Å². The molecule has 0 heterocycles. The van der Waals surface area contributed by atoms with Crippen molar-refractivity contribution in [3.8, 4) is 5.75 Å². The standard InChI is InChI=1S/C16H28O7P2/c1-2-3-4-5-6-7-11-23-15-10-8-9-14(12-15)13-16(24(17,18)19)25(20,21)22/h8-10,12,16H,2-7,11,13H2,1H3,(H2,17,18,19)(H2,20,21,22). The molecule has 7 nitrogen and oxygen atoms in total. The molecule has 9 heteroatoms. The van der Waals surface area contributed by atoms with E-state index in [1.807, 2.05) is 0 Å². The molecule has 0 amide bonds. The molecule has 144 valence electrons. The smallest absolute Gasteiger partial charge is 0.341 e. The molecule has 0 spiro atoms. The Labute approximate surface area is 148 Å². The first kappa shape index (κ1) is 22.4. The molecule has 0 saturated heterocycles. The van der Waals surface area contributed by atoms with Crippen molar-refractivity contribution < 1.29 is 33.4 Å². The van der Waals surface area contributed by atoms with Gasteiger partial charge in [0.2, 0.25) is 0 Å². The van der Waals surface area contributed by atoms with E-state index in [9.17, 15) is 28.7 Å². The Hall–Kier alpha value is -0.680. The Bertz CT molecular complexity index is 586. The highest BCUT2D eigenvalue weighted by atomic mass is 31.2. The van der Waals surface area contributed by atoms with Gasteiger partial charge in [-0.2, -0.15) is 0 Å². The summed E-state index contributed by atoms with van der Waals surface area (Å²) in [5.41, 5.74) is 0.414. The molecule has 1 aromatic carbocycles. The molecule has 0 saturated carbocycles. The predicted molar refractivity (Wildman–Crippen MR) is 96.9 cm³/mol. The van der Waals surface area contributed by atoms with Crippen molar-refractivity contribution in [1.29, 1.82) is 0 Å².